The van der Waals surface area contributed by atoms with E-state index in [-0.39, 0.29) is 10.5 Å². The fourth-order valence-electron chi connectivity index (χ4n) is 2.96. The summed E-state index contributed by atoms with van der Waals surface area (Å²) >= 11 is 6.49. The number of hydrogen-bond donors (Lipinski definition) is 1. The molecule has 0 aliphatic carbocycles. The van der Waals surface area contributed by atoms with Crippen molar-refractivity contribution in [1.29, 1.82) is 0 Å². The number of halogens is 1. The minimum Gasteiger partial charge on any atom is -0.340 e. The molecule has 0 bridgehead atoms. The fourth-order valence-corrected chi connectivity index (χ4v) is 3.20. The van der Waals surface area contributed by atoms with E-state index in [1.54, 1.807) is 6.20 Å². The summed E-state index contributed by atoms with van der Waals surface area (Å²) in [4.78, 5) is 17.1. The molecule has 2 aromatic carbocycles. The number of nitrogens with zero attached hydrogens (tertiary/aromatic N) is 2. The second-order valence-corrected chi connectivity index (χ2v) is 6.37. The number of hydrogen-bond acceptors (Lipinski definition) is 3. The summed E-state index contributed by atoms with van der Waals surface area (Å²) in [6, 6.07) is 21.4. The van der Waals surface area contributed by atoms with E-state index in [0.29, 0.717) is 11.2 Å². The first-order chi connectivity index (χ1) is 12.6. The van der Waals surface area contributed by atoms with Gasteiger partial charge in [0, 0.05) is 23.3 Å². The molecule has 26 heavy (non-hydrogen) atoms. The van der Waals surface area contributed by atoms with Crippen LogP contribution in [0.4, 0.5) is 11.5 Å². The summed E-state index contributed by atoms with van der Waals surface area (Å²) in [5.41, 5.74) is 3.11. The summed E-state index contributed by atoms with van der Waals surface area (Å²) in [7, 11) is 0. The van der Waals surface area contributed by atoms with Crippen LogP contribution >= 0.6 is 11.6 Å². The summed E-state index contributed by atoms with van der Waals surface area (Å²) in [5, 5.41) is 3.93. The molecule has 4 aromatic rings. The Balaban J connectivity index is 2.09. The first-order valence-corrected chi connectivity index (χ1v) is 8.61. The molecule has 4 rings (SSSR count). The number of rotatable bonds is 3. The van der Waals surface area contributed by atoms with Crippen molar-refractivity contribution in [2.75, 3.05) is 5.32 Å². The van der Waals surface area contributed by atoms with E-state index in [9.17, 15) is 4.79 Å². The largest absolute Gasteiger partial charge is 0.340 e. The monoisotopic (exact) mass is 361 g/mol. The van der Waals surface area contributed by atoms with Crippen molar-refractivity contribution >= 4 is 34.0 Å². The smallest absolute Gasteiger partial charge is 0.211 e. The lowest BCUT2D eigenvalue weighted by atomic mass is 10.2. The van der Waals surface area contributed by atoms with Crippen LogP contribution in [0.2, 0.25) is 5.02 Å². The van der Waals surface area contributed by atoms with Crippen LogP contribution < -0.4 is 10.7 Å². The van der Waals surface area contributed by atoms with Crippen molar-refractivity contribution in [1.82, 2.24) is 9.55 Å². The van der Waals surface area contributed by atoms with Gasteiger partial charge in [-0.05, 0) is 37.3 Å². The molecule has 5 heteroatoms. The lowest BCUT2D eigenvalue weighted by Crippen LogP contribution is -2.15. The summed E-state index contributed by atoms with van der Waals surface area (Å²) in [6.07, 6.45) is 1.59. The Bertz CT molecular complexity index is 1140. The quantitative estimate of drug-likeness (QED) is 0.552. The Morgan fingerprint density at radius 3 is 2.35 bits per heavy atom. The Labute approximate surface area is 155 Å². The maximum atomic E-state index is 12.8. The first kappa shape index (κ1) is 16.4. The Morgan fingerprint density at radius 2 is 1.65 bits per heavy atom. The van der Waals surface area contributed by atoms with Gasteiger partial charge in [0.15, 0.2) is 0 Å². The molecular weight excluding hydrogens is 346 g/mol. The number of aryl methyl sites for hydroxylation is 1. The molecule has 0 radical (unpaired) electrons. The number of pyridine rings is 2. The normalized spacial score (nSPS) is 10.8. The van der Waals surface area contributed by atoms with E-state index in [2.05, 4.69) is 10.3 Å². The van der Waals surface area contributed by atoms with Gasteiger partial charge >= 0.3 is 0 Å². The molecule has 0 saturated carbocycles. The third-order valence-electron chi connectivity index (χ3n) is 4.19. The zero-order chi connectivity index (χ0) is 18.1. The molecule has 4 nitrogen and oxygen atoms in total. The van der Waals surface area contributed by atoms with E-state index < -0.39 is 0 Å². The van der Waals surface area contributed by atoms with Crippen LogP contribution in [0, 0.1) is 6.92 Å². The molecule has 0 unspecified atom stereocenters. The van der Waals surface area contributed by atoms with Crippen LogP contribution in [-0.2, 0) is 0 Å². The SMILES string of the molecule is Cc1cc2c(cn1)c(=O)c(Cl)c(Nc1ccccc1)n2-c1ccccc1. The topological polar surface area (TPSA) is 46.9 Å². The van der Waals surface area contributed by atoms with E-state index in [0.717, 1.165) is 22.6 Å². The molecule has 128 valence electrons. The van der Waals surface area contributed by atoms with Gasteiger partial charge in [-0.25, -0.2) is 0 Å². The Morgan fingerprint density at radius 1 is 1.00 bits per heavy atom. The second-order valence-electron chi connectivity index (χ2n) is 6.00. The van der Waals surface area contributed by atoms with Gasteiger partial charge in [0.2, 0.25) is 5.43 Å². The Kier molecular flexibility index (Phi) is 4.19. The maximum absolute atomic E-state index is 12.8. The van der Waals surface area contributed by atoms with Crippen LogP contribution in [0.3, 0.4) is 0 Å². The van der Waals surface area contributed by atoms with Crippen LogP contribution in [0.1, 0.15) is 5.69 Å². The van der Waals surface area contributed by atoms with E-state index in [1.807, 2.05) is 78.2 Å². The van der Waals surface area contributed by atoms with Gasteiger partial charge in [0.05, 0.1) is 10.9 Å². The predicted molar refractivity (Wildman–Crippen MR) is 107 cm³/mol. The van der Waals surface area contributed by atoms with Gasteiger partial charge in [-0.15, -0.1) is 0 Å². The molecular formula is C21H16ClN3O. The highest BCUT2D eigenvalue weighted by Gasteiger charge is 2.17. The van der Waals surface area contributed by atoms with Crippen LogP contribution in [0.5, 0.6) is 0 Å². The number of benzene rings is 2. The molecule has 2 aromatic heterocycles. The first-order valence-electron chi connectivity index (χ1n) is 8.23. The van der Waals surface area contributed by atoms with Crippen LogP contribution in [-0.4, -0.2) is 9.55 Å². The minimum atomic E-state index is -0.236. The number of nitrogens with one attached hydrogen (secondary N) is 1. The number of fused-ring (bicyclic) bond motifs is 1. The summed E-state index contributed by atoms with van der Waals surface area (Å²) < 4.78 is 1.96. The van der Waals surface area contributed by atoms with E-state index >= 15 is 0 Å². The Hall–Kier alpha value is -3.11. The third kappa shape index (κ3) is 2.85. The van der Waals surface area contributed by atoms with Crippen molar-refractivity contribution in [2.24, 2.45) is 0 Å². The number of para-hydroxylation sites is 2. The molecule has 0 amide bonds. The van der Waals surface area contributed by atoms with Crippen molar-refractivity contribution in [3.05, 3.63) is 93.9 Å². The highest BCUT2D eigenvalue weighted by atomic mass is 35.5. The molecule has 0 spiro atoms. The standard InChI is InChI=1S/C21H16ClN3O/c1-14-12-18-17(13-23-14)20(26)19(22)21(24-15-8-4-2-5-9-15)25(18)16-10-6-3-7-11-16/h2-13,24H,1H3. The van der Waals surface area contributed by atoms with Gasteiger partial charge in [-0.3, -0.25) is 14.3 Å². The molecule has 2 heterocycles. The molecule has 0 fully saturated rings. The van der Waals surface area contributed by atoms with Crippen molar-refractivity contribution < 1.29 is 0 Å². The molecule has 1 N–H and O–H groups in total. The van der Waals surface area contributed by atoms with E-state index in [1.165, 1.54) is 0 Å². The maximum Gasteiger partial charge on any atom is 0.211 e. The lowest BCUT2D eigenvalue weighted by Gasteiger charge is -2.20. The molecule has 0 saturated heterocycles. The average Bonchev–Trinajstić information content (AvgIpc) is 2.67. The van der Waals surface area contributed by atoms with Gasteiger partial charge in [-0.2, -0.15) is 0 Å². The predicted octanol–water partition coefficient (Wildman–Crippen LogP) is 5.09. The second kappa shape index (κ2) is 6.65. The van der Waals surface area contributed by atoms with Crippen LogP contribution in [0.25, 0.3) is 16.6 Å². The van der Waals surface area contributed by atoms with Gasteiger partial charge < -0.3 is 5.32 Å². The van der Waals surface area contributed by atoms with Gasteiger partial charge in [-0.1, -0.05) is 48.0 Å². The number of anilines is 2. The highest BCUT2D eigenvalue weighted by molar-refractivity contribution is 6.33. The van der Waals surface area contributed by atoms with Gasteiger partial charge in [0.1, 0.15) is 10.8 Å². The number of aromatic nitrogens is 2. The van der Waals surface area contributed by atoms with E-state index in [4.69, 9.17) is 11.6 Å². The zero-order valence-electron chi connectivity index (χ0n) is 14.1. The minimum absolute atomic E-state index is 0.135. The van der Waals surface area contributed by atoms with Gasteiger partial charge in [0.25, 0.3) is 0 Å². The van der Waals surface area contributed by atoms with Crippen molar-refractivity contribution in [3.63, 3.8) is 0 Å². The summed E-state index contributed by atoms with van der Waals surface area (Å²) in [6.45, 7) is 1.90. The molecule has 0 aliphatic heterocycles. The average molecular weight is 362 g/mol. The van der Waals surface area contributed by atoms with Crippen molar-refractivity contribution in [3.8, 4) is 5.69 Å². The fraction of sp³-hybridized carbons (Fsp3) is 0.0476. The molecule has 0 atom stereocenters. The molecule has 0 aliphatic rings. The zero-order valence-corrected chi connectivity index (χ0v) is 14.9. The lowest BCUT2D eigenvalue weighted by molar-refractivity contribution is 1.09. The highest BCUT2D eigenvalue weighted by Crippen LogP contribution is 2.30. The van der Waals surface area contributed by atoms with Crippen LogP contribution in [0.15, 0.2) is 77.7 Å². The summed E-state index contributed by atoms with van der Waals surface area (Å²) in [5.74, 6) is 0.534. The third-order valence-corrected chi connectivity index (χ3v) is 4.54. The van der Waals surface area contributed by atoms with Crippen molar-refractivity contribution in [2.45, 2.75) is 6.92 Å².